The molecule has 0 atom stereocenters. The molecule has 0 aliphatic carbocycles. The van der Waals surface area contributed by atoms with E-state index in [0.29, 0.717) is 17.0 Å². The third-order valence-electron chi connectivity index (χ3n) is 5.76. The van der Waals surface area contributed by atoms with Gasteiger partial charge in [-0.25, -0.2) is 13.8 Å². The molecule has 4 aromatic rings. The lowest BCUT2D eigenvalue weighted by Crippen LogP contribution is -2.30. The van der Waals surface area contributed by atoms with Gasteiger partial charge in [-0.1, -0.05) is 24.3 Å². The molecule has 0 saturated heterocycles. The van der Waals surface area contributed by atoms with Crippen molar-refractivity contribution in [3.8, 4) is 5.75 Å². The Hall–Kier alpha value is -4.41. The Morgan fingerprint density at radius 2 is 1.53 bits per heavy atom. The van der Waals surface area contributed by atoms with Crippen LogP contribution in [0, 0.1) is 0 Å². The van der Waals surface area contributed by atoms with E-state index < -0.39 is 10.0 Å². The maximum absolute atomic E-state index is 13.6. The minimum Gasteiger partial charge on any atom is -0.497 e. The van der Waals surface area contributed by atoms with Gasteiger partial charge in [0, 0.05) is 49.0 Å². The van der Waals surface area contributed by atoms with Crippen LogP contribution in [0.15, 0.2) is 108 Å². The maximum atomic E-state index is 13.6. The summed E-state index contributed by atoms with van der Waals surface area (Å²) in [5, 5.41) is 4.14. The van der Waals surface area contributed by atoms with Crippen molar-refractivity contribution in [3.05, 3.63) is 120 Å². The van der Waals surface area contributed by atoms with Crippen LogP contribution in [-0.4, -0.2) is 41.4 Å². The highest BCUT2D eigenvalue weighted by Crippen LogP contribution is 2.23. The molecule has 2 heterocycles. The molecule has 194 valence electrons. The summed E-state index contributed by atoms with van der Waals surface area (Å²) in [5.41, 5.74) is 5.84. The molecule has 4 rings (SSSR count). The van der Waals surface area contributed by atoms with Gasteiger partial charge in [-0.05, 0) is 66.6 Å². The Kier molecular flexibility index (Phi) is 8.57. The van der Waals surface area contributed by atoms with Crippen LogP contribution < -0.4 is 10.2 Å². The van der Waals surface area contributed by atoms with Crippen molar-refractivity contribution in [1.82, 2.24) is 19.7 Å². The first-order valence-corrected chi connectivity index (χ1v) is 13.2. The summed E-state index contributed by atoms with van der Waals surface area (Å²) < 4.78 is 33.7. The summed E-state index contributed by atoms with van der Waals surface area (Å²) in [5.74, 6) is 0.189. The van der Waals surface area contributed by atoms with Crippen molar-refractivity contribution in [1.29, 1.82) is 0 Å². The number of hydrogen-bond acceptors (Lipinski definition) is 7. The molecular formula is C28H27N5O4S. The van der Waals surface area contributed by atoms with Gasteiger partial charge in [0.15, 0.2) is 0 Å². The van der Waals surface area contributed by atoms with Crippen LogP contribution in [0.5, 0.6) is 5.75 Å². The van der Waals surface area contributed by atoms with E-state index in [9.17, 15) is 13.2 Å². The van der Waals surface area contributed by atoms with E-state index in [1.54, 1.807) is 80.2 Å². The van der Waals surface area contributed by atoms with Gasteiger partial charge in [0.25, 0.3) is 5.91 Å². The molecule has 1 amide bonds. The normalized spacial score (nSPS) is 11.8. The third-order valence-corrected chi connectivity index (χ3v) is 7.56. The third kappa shape index (κ3) is 6.67. The predicted molar refractivity (Wildman–Crippen MR) is 144 cm³/mol. The zero-order chi connectivity index (χ0) is 27.0. The van der Waals surface area contributed by atoms with Crippen LogP contribution in [-0.2, 0) is 23.1 Å². The SMILES string of the molecule is COc1ccc(S(=O)(=O)N(Cc2ccc(C(=O)N/N=C(\C)c3cccnc3)cc2)Cc2cccnc2)cc1. The first kappa shape index (κ1) is 26.6. The van der Waals surface area contributed by atoms with E-state index in [-0.39, 0.29) is 23.9 Å². The van der Waals surface area contributed by atoms with E-state index in [2.05, 4.69) is 20.5 Å². The number of rotatable bonds is 10. The Bertz CT molecular complexity index is 1490. The molecule has 0 radical (unpaired) electrons. The summed E-state index contributed by atoms with van der Waals surface area (Å²) in [7, 11) is -2.32. The Balaban J connectivity index is 1.52. The van der Waals surface area contributed by atoms with Crippen molar-refractivity contribution in [2.24, 2.45) is 5.10 Å². The number of nitrogens with zero attached hydrogens (tertiary/aromatic N) is 4. The molecule has 2 aromatic carbocycles. The molecule has 0 spiro atoms. The second kappa shape index (κ2) is 12.2. The number of hydrazone groups is 1. The molecular weight excluding hydrogens is 502 g/mol. The van der Waals surface area contributed by atoms with Gasteiger partial charge < -0.3 is 4.74 Å². The number of benzene rings is 2. The maximum Gasteiger partial charge on any atom is 0.271 e. The summed E-state index contributed by atoms with van der Waals surface area (Å²) in [6.45, 7) is 2.01. The second-order valence-corrected chi connectivity index (χ2v) is 10.3. The number of pyridine rings is 2. The van der Waals surface area contributed by atoms with E-state index in [1.807, 2.05) is 12.1 Å². The fourth-order valence-corrected chi connectivity index (χ4v) is 5.04. The van der Waals surface area contributed by atoms with E-state index in [0.717, 1.165) is 16.7 Å². The minimum absolute atomic E-state index is 0.101. The standard InChI is InChI=1S/C28H27N5O4S/c1-21(25-6-4-16-30-18-25)31-32-28(34)24-9-7-22(8-10-24)19-33(20-23-5-3-15-29-17-23)38(35,36)27-13-11-26(37-2)12-14-27/h3-18H,19-20H2,1-2H3,(H,32,34)/b31-21+. The number of aromatic nitrogens is 2. The summed E-state index contributed by atoms with van der Waals surface area (Å²) in [6.07, 6.45) is 6.60. The molecule has 2 aromatic heterocycles. The van der Waals surface area contributed by atoms with Crippen molar-refractivity contribution < 1.29 is 17.9 Å². The Morgan fingerprint density at radius 1 is 0.868 bits per heavy atom. The zero-order valence-corrected chi connectivity index (χ0v) is 21.8. The highest BCUT2D eigenvalue weighted by atomic mass is 32.2. The van der Waals surface area contributed by atoms with Crippen molar-refractivity contribution in [3.63, 3.8) is 0 Å². The van der Waals surface area contributed by atoms with Gasteiger partial charge in [-0.2, -0.15) is 9.41 Å². The highest BCUT2D eigenvalue weighted by molar-refractivity contribution is 7.89. The molecule has 0 saturated carbocycles. The summed E-state index contributed by atoms with van der Waals surface area (Å²) >= 11 is 0. The average Bonchev–Trinajstić information content (AvgIpc) is 2.96. The van der Waals surface area contributed by atoms with E-state index in [1.165, 1.54) is 23.5 Å². The van der Waals surface area contributed by atoms with Gasteiger partial charge in [0.2, 0.25) is 10.0 Å². The van der Waals surface area contributed by atoms with Crippen LogP contribution in [0.3, 0.4) is 0 Å². The van der Waals surface area contributed by atoms with Crippen molar-refractivity contribution in [2.45, 2.75) is 24.9 Å². The Morgan fingerprint density at radius 3 is 2.13 bits per heavy atom. The fourth-order valence-electron chi connectivity index (χ4n) is 3.62. The van der Waals surface area contributed by atoms with Crippen molar-refractivity contribution in [2.75, 3.05) is 7.11 Å². The summed E-state index contributed by atoms with van der Waals surface area (Å²) in [6, 6.07) is 20.2. The summed E-state index contributed by atoms with van der Waals surface area (Å²) in [4.78, 5) is 20.9. The quantitative estimate of drug-likeness (QED) is 0.245. The van der Waals surface area contributed by atoms with Crippen molar-refractivity contribution >= 4 is 21.6 Å². The van der Waals surface area contributed by atoms with Crippen LogP contribution in [0.2, 0.25) is 0 Å². The lowest BCUT2D eigenvalue weighted by Gasteiger charge is -2.22. The fraction of sp³-hybridized carbons (Fsp3) is 0.143. The topological polar surface area (TPSA) is 114 Å². The number of carbonyl (C=O) groups is 1. The van der Waals surface area contributed by atoms with Gasteiger partial charge in [0.1, 0.15) is 5.75 Å². The Labute approximate surface area is 221 Å². The van der Waals surface area contributed by atoms with Gasteiger partial charge in [0.05, 0.1) is 17.7 Å². The first-order valence-electron chi connectivity index (χ1n) is 11.7. The molecule has 0 fully saturated rings. The van der Waals surface area contributed by atoms with Crippen LogP contribution in [0.1, 0.15) is 34.0 Å². The molecule has 10 heteroatoms. The first-order chi connectivity index (χ1) is 18.4. The van der Waals surface area contributed by atoms with Gasteiger partial charge in [-0.3, -0.25) is 14.8 Å². The number of carbonyl (C=O) groups excluding carboxylic acids is 1. The molecule has 0 aliphatic rings. The number of sulfonamides is 1. The lowest BCUT2D eigenvalue weighted by molar-refractivity contribution is 0.0954. The van der Waals surface area contributed by atoms with Gasteiger partial charge >= 0.3 is 0 Å². The molecule has 0 bridgehead atoms. The number of amides is 1. The number of methoxy groups -OCH3 is 1. The van der Waals surface area contributed by atoms with Crippen LogP contribution in [0.4, 0.5) is 0 Å². The smallest absolute Gasteiger partial charge is 0.271 e. The molecule has 38 heavy (non-hydrogen) atoms. The number of hydrogen-bond donors (Lipinski definition) is 1. The van der Waals surface area contributed by atoms with Gasteiger partial charge in [-0.15, -0.1) is 0 Å². The second-order valence-electron chi connectivity index (χ2n) is 8.39. The van der Waals surface area contributed by atoms with Crippen LogP contribution >= 0.6 is 0 Å². The molecule has 9 nitrogen and oxygen atoms in total. The molecule has 0 unspecified atom stereocenters. The molecule has 1 N–H and O–H groups in total. The molecule has 0 aliphatic heterocycles. The largest absolute Gasteiger partial charge is 0.497 e. The monoisotopic (exact) mass is 529 g/mol. The average molecular weight is 530 g/mol. The highest BCUT2D eigenvalue weighted by Gasteiger charge is 2.25. The zero-order valence-electron chi connectivity index (χ0n) is 21.0. The van der Waals surface area contributed by atoms with E-state index >= 15 is 0 Å². The minimum atomic E-state index is -3.85. The lowest BCUT2D eigenvalue weighted by atomic mass is 10.1. The van der Waals surface area contributed by atoms with Crippen LogP contribution in [0.25, 0.3) is 0 Å². The predicted octanol–water partition coefficient (Wildman–Crippen LogP) is 4.03. The number of ether oxygens (including phenoxy) is 1. The van der Waals surface area contributed by atoms with E-state index in [4.69, 9.17) is 4.74 Å². The number of nitrogens with one attached hydrogen (secondary N) is 1.